The second-order valence-corrected chi connectivity index (χ2v) is 3.85. The number of aryl methyl sites for hydroxylation is 1. The zero-order valence-electron chi connectivity index (χ0n) is 9.74. The van der Waals surface area contributed by atoms with E-state index < -0.39 is 12.0 Å². The van der Waals surface area contributed by atoms with E-state index in [1.165, 1.54) is 0 Å². The zero-order valence-corrected chi connectivity index (χ0v) is 9.74. The summed E-state index contributed by atoms with van der Waals surface area (Å²) < 4.78 is 0. The number of carboxylic acids is 1. The summed E-state index contributed by atoms with van der Waals surface area (Å²) in [6, 6.07) is 2.93. The quantitative estimate of drug-likeness (QED) is 0.732. The fraction of sp³-hybridized carbons (Fsp3) is 0.417. The van der Waals surface area contributed by atoms with Crippen LogP contribution in [0.1, 0.15) is 24.5 Å². The maximum atomic E-state index is 10.9. The van der Waals surface area contributed by atoms with Crippen LogP contribution in [0.2, 0.25) is 0 Å². The van der Waals surface area contributed by atoms with Crippen molar-refractivity contribution in [3.8, 4) is 5.75 Å². The van der Waals surface area contributed by atoms with Crippen LogP contribution in [-0.4, -0.2) is 22.2 Å². The first-order valence-corrected chi connectivity index (χ1v) is 5.25. The Morgan fingerprint density at radius 3 is 2.56 bits per heavy atom. The van der Waals surface area contributed by atoms with E-state index in [9.17, 15) is 9.90 Å². The van der Waals surface area contributed by atoms with Crippen LogP contribution in [0.15, 0.2) is 12.1 Å². The third kappa shape index (κ3) is 2.45. The van der Waals surface area contributed by atoms with Gasteiger partial charge in [0.25, 0.3) is 0 Å². The predicted octanol–water partition coefficient (Wildman–Crippen LogP) is 2.28. The molecule has 0 heterocycles. The lowest BCUT2D eigenvalue weighted by Crippen LogP contribution is -2.28. The van der Waals surface area contributed by atoms with Gasteiger partial charge < -0.3 is 15.5 Å². The van der Waals surface area contributed by atoms with E-state index in [4.69, 9.17) is 5.11 Å². The number of hydrogen-bond donors (Lipinski definition) is 3. The fourth-order valence-electron chi connectivity index (χ4n) is 1.52. The highest BCUT2D eigenvalue weighted by molar-refractivity contribution is 5.78. The van der Waals surface area contributed by atoms with Crippen LogP contribution in [0, 0.1) is 13.8 Å². The molecule has 1 atom stereocenters. The third-order valence-corrected chi connectivity index (χ3v) is 2.67. The predicted molar refractivity (Wildman–Crippen MR) is 62.9 cm³/mol. The minimum absolute atomic E-state index is 0.213. The summed E-state index contributed by atoms with van der Waals surface area (Å²) in [5, 5.41) is 21.6. The van der Waals surface area contributed by atoms with E-state index in [-0.39, 0.29) is 5.75 Å². The second-order valence-electron chi connectivity index (χ2n) is 3.85. The lowest BCUT2D eigenvalue weighted by atomic mass is 10.1. The van der Waals surface area contributed by atoms with Crippen LogP contribution >= 0.6 is 0 Å². The van der Waals surface area contributed by atoms with Gasteiger partial charge in [0.05, 0.1) is 0 Å². The number of phenols is 1. The smallest absolute Gasteiger partial charge is 0.326 e. The Balaban J connectivity index is 2.97. The Morgan fingerprint density at radius 2 is 2.06 bits per heavy atom. The molecule has 0 spiro atoms. The van der Waals surface area contributed by atoms with E-state index in [1.54, 1.807) is 32.9 Å². The molecule has 0 aliphatic carbocycles. The van der Waals surface area contributed by atoms with Gasteiger partial charge in [-0.2, -0.15) is 0 Å². The molecule has 3 N–H and O–H groups in total. The molecule has 1 unspecified atom stereocenters. The van der Waals surface area contributed by atoms with Gasteiger partial charge in [-0.15, -0.1) is 0 Å². The third-order valence-electron chi connectivity index (χ3n) is 2.67. The van der Waals surface area contributed by atoms with E-state index in [0.717, 1.165) is 5.56 Å². The van der Waals surface area contributed by atoms with E-state index in [2.05, 4.69) is 5.32 Å². The molecule has 0 aliphatic rings. The Kier molecular flexibility index (Phi) is 3.77. The molecule has 16 heavy (non-hydrogen) atoms. The molecule has 0 aromatic heterocycles. The van der Waals surface area contributed by atoms with Crippen molar-refractivity contribution < 1.29 is 15.0 Å². The summed E-state index contributed by atoms with van der Waals surface area (Å²) in [5.41, 5.74) is 2.13. The Morgan fingerprint density at radius 1 is 1.44 bits per heavy atom. The van der Waals surface area contributed by atoms with Gasteiger partial charge in [0.1, 0.15) is 11.8 Å². The maximum absolute atomic E-state index is 10.9. The molecule has 0 bridgehead atoms. The van der Waals surface area contributed by atoms with Crippen molar-refractivity contribution in [3.63, 3.8) is 0 Å². The first kappa shape index (κ1) is 12.4. The Hall–Kier alpha value is -1.71. The van der Waals surface area contributed by atoms with Gasteiger partial charge in [0.15, 0.2) is 0 Å². The summed E-state index contributed by atoms with van der Waals surface area (Å²) in [4.78, 5) is 10.9. The van der Waals surface area contributed by atoms with Crippen molar-refractivity contribution in [2.24, 2.45) is 0 Å². The van der Waals surface area contributed by atoms with Gasteiger partial charge >= 0.3 is 5.97 Å². The molecule has 88 valence electrons. The van der Waals surface area contributed by atoms with Crippen LogP contribution in [0.5, 0.6) is 5.75 Å². The molecule has 0 fully saturated rings. The highest BCUT2D eigenvalue weighted by Crippen LogP contribution is 2.28. The Labute approximate surface area is 94.9 Å². The zero-order chi connectivity index (χ0) is 12.3. The molecule has 0 aliphatic heterocycles. The minimum Gasteiger partial charge on any atom is -0.507 e. The van der Waals surface area contributed by atoms with Crippen LogP contribution in [-0.2, 0) is 4.79 Å². The summed E-state index contributed by atoms with van der Waals surface area (Å²) in [7, 11) is 0. The van der Waals surface area contributed by atoms with Crippen molar-refractivity contribution in [2.75, 3.05) is 5.32 Å². The number of nitrogens with one attached hydrogen (secondary N) is 1. The van der Waals surface area contributed by atoms with E-state index in [1.807, 2.05) is 0 Å². The number of benzene rings is 1. The first-order valence-electron chi connectivity index (χ1n) is 5.25. The van der Waals surface area contributed by atoms with Crippen molar-refractivity contribution in [1.82, 2.24) is 0 Å². The molecule has 0 saturated carbocycles. The number of hydrogen-bond acceptors (Lipinski definition) is 3. The number of carbonyl (C=O) groups is 1. The lowest BCUT2D eigenvalue weighted by Gasteiger charge is -2.17. The average Bonchev–Trinajstić information content (AvgIpc) is 2.25. The standard InChI is InChI=1S/C12H17NO3/c1-4-9(12(15)16)13-10-6-5-7(2)11(14)8(10)3/h5-6,9,13-14H,4H2,1-3H3,(H,15,16). The number of carboxylic acid groups (broad SMARTS) is 1. The van der Waals surface area contributed by atoms with Gasteiger partial charge in [-0.25, -0.2) is 4.79 Å². The summed E-state index contributed by atoms with van der Waals surface area (Å²) >= 11 is 0. The second kappa shape index (κ2) is 4.88. The SMILES string of the molecule is CCC(Nc1ccc(C)c(O)c1C)C(=O)O. The topological polar surface area (TPSA) is 69.6 Å². The summed E-state index contributed by atoms with van der Waals surface area (Å²) in [6.45, 7) is 5.37. The minimum atomic E-state index is -0.887. The highest BCUT2D eigenvalue weighted by Gasteiger charge is 2.16. The van der Waals surface area contributed by atoms with Gasteiger partial charge in [0.2, 0.25) is 0 Å². The molecule has 1 rings (SSSR count). The van der Waals surface area contributed by atoms with Gasteiger partial charge in [-0.1, -0.05) is 13.0 Å². The first-order chi connectivity index (χ1) is 7.47. The molecular formula is C12H17NO3. The van der Waals surface area contributed by atoms with Gasteiger partial charge in [-0.3, -0.25) is 0 Å². The van der Waals surface area contributed by atoms with Crippen LogP contribution < -0.4 is 5.32 Å². The van der Waals surface area contributed by atoms with Gasteiger partial charge in [0, 0.05) is 11.3 Å². The van der Waals surface area contributed by atoms with Crippen molar-refractivity contribution >= 4 is 11.7 Å². The Bertz CT molecular complexity index is 401. The van der Waals surface area contributed by atoms with Crippen LogP contribution in [0.25, 0.3) is 0 Å². The monoisotopic (exact) mass is 223 g/mol. The molecule has 1 aromatic rings. The number of rotatable bonds is 4. The average molecular weight is 223 g/mol. The molecule has 1 aromatic carbocycles. The van der Waals surface area contributed by atoms with Crippen LogP contribution in [0.4, 0.5) is 5.69 Å². The fourth-order valence-corrected chi connectivity index (χ4v) is 1.52. The van der Waals surface area contributed by atoms with Crippen molar-refractivity contribution in [1.29, 1.82) is 0 Å². The molecule has 4 nitrogen and oxygen atoms in total. The maximum Gasteiger partial charge on any atom is 0.326 e. The largest absolute Gasteiger partial charge is 0.507 e. The van der Waals surface area contributed by atoms with E-state index >= 15 is 0 Å². The number of aromatic hydroxyl groups is 1. The molecular weight excluding hydrogens is 206 g/mol. The van der Waals surface area contributed by atoms with Crippen molar-refractivity contribution in [3.05, 3.63) is 23.3 Å². The summed E-state index contributed by atoms with van der Waals surface area (Å²) in [6.07, 6.45) is 0.489. The number of aliphatic carboxylic acids is 1. The van der Waals surface area contributed by atoms with Gasteiger partial charge in [-0.05, 0) is 31.9 Å². The molecule has 0 radical (unpaired) electrons. The summed E-state index contributed by atoms with van der Waals surface area (Å²) in [5.74, 6) is -0.674. The number of phenolic OH excluding ortho intramolecular Hbond substituents is 1. The lowest BCUT2D eigenvalue weighted by molar-refractivity contribution is -0.137. The van der Waals surface area contributed by atoms with Crippen molar-refractivity contribution in [2.45, 2.75) is 33.2 Å². The normalized spacial score (nSPS) is 12.2. The molecule has 0 amide bonds. The molecule has 0 saturated heterocycles. The highest BCUT2D eigenvalue weighted by atomic mass is 16.4. The number of anilines is 1. The van der Waals surface area contributed by atoms with E-state index in [0.29, 0.717) is 17.7 Å². The molecule has 4 heteroatoms. The van der Waals surface area contributed by atoms with Crippen LogP contribution in [0.3, 0.4) is 0 Å².